The topological polar surface area (TPSA) is 68.5 Å². The van der Waals surface area contributed by atoms with Crippen molar-refractivity contribution in [2.24, 2.45) is 11.7 Å². The maximum Gasteiger partial charge on any atom is 0.239 e. The largest absolute Gasteiger partial charge is 0.372 e. The van der Waals surface area contributed by atoms with Crippen LogP contribution in [0.1, 0.15) is 44.5 Å². The molecule has 1 aromatic rings. The molecule has 114 valence electrons. The fourth-order valence-corrected chi connectivity index (χ4v) is 2.58. The van der Waals surface area contributed by atoms with Gasteiger partial charge in [-0.3, -0.25) is 4.79 Å². The summed E-state index contributed by atoms with van der Waals surface area (Å²) in [5, 5.41) is 2.91. The molecule has 0 fully saturated rings. The summed E-state index contributed by atoms with van der Waals surface area (Å²) < 4.78 is 5.51. The van der Waals surface area contributed by atoms with Crippen LogP contribution in [0.4, 0.5) is 0 Å². The Balaban J connectivity index is 2.62. The molecule has 1 heterocycles. The van der Waals surface area contributed by atoms with Gasteiger partial charge in [-0.15, -0.1) is 11.3 Å². The number of nitrogens with two attached hydrogens (primary N) is 1. The molecule has 0 aliphatic rings. The van der Waals surface area contributed by atoms with Gasteiger partial charge in [0, 0.05) is 19.0 Å². The molecule has 1 aromatic heterocycles. The van der Waals surface area contributed by atoms with Crippen LogP contribution in [0.5, 0.6) is 0 Å². The third-order valence-corrected chi connectivity index (χ3v) is 4.17. The van der Waals surface area contributed by atoms with E-state index < -0.39 is 6.04 Å². The first-order valence-electron chi connectivity index (χ1n) is 6.93. The van der Waals surface area contributed by atoms with Gasteiger partial charge in [-0.2, -0.15) is 0 Å². The lowest BCUT2D eigenvalue weighted by atomic mass is 10.0. The molecule has 2 atom stereocenters. The number of thiazole rings is 1. The maximum atomic E-state index is 12.1. The highest BCUT2D eigenvalue weighted by Gasteiger charge is 2.22. The zero-order valence-corrected chi connectivity index (χ0v) is 13.7. The van der Waals surface area contributed by atoms with Gasteiger partial charge in [-0.1, -0.05) is 13.8 Å². The van der Waals surface area contributed by atoms with Crippen LogP contribution in [0, 0.1) is 5.92 Å². The highest BCUT2D eigenvalue weighted by Crippen LogP contribution is 2.21. The minimum atomic E-state index is -0.458. The molecule has 0 bridgehead atoms. The van der Waals surface area contributed by atoms with Gasteiger partial charge in [0.2, 0.25) is 5.91 Å². The number of aromatic nitrogens is 1. The highest BCUT2D eigenvalue weighted by molar-refractivity contribution is 7.09. The van der Waals surface area contributed by atoms with Crippen LogP contribution in [0.2, 0.25) is 0 Å². The van der Waals surface area contributed by atoms with Crippen molar-refractivity contribution in [3.05, 3.63) is 16.1 Å². The number of carbonyl (C=O) groups excluding carboxylic acids is 1. The Bertz CT molecular complexity index is 434. The van der Waals surface area contributed by atoms with Crippen LogP contribution < -0.4 is 5.73 Å². The van der Waals surface area contributed by atoms with Crippen molar-refractivity contribution in [1.82, 2.24) is 9.88 Å². The first-order valence-corrected chi connectivity index (χ1v) is 7.81. The quantitative estimate of drug-likeness (QED) is 0.838. The number of rotatable bonds is 7. The normalized spacial score (nSPS) is 14.3. The van der Waals surface area contributed by atoms with Crippen molar-refractivity contribution in [2.45, 2.75) is 46.4 Å². The lowest BCUT2D eigenvalue weighted by molar-refractivity contribution is -0.132. The van der Waals surface area contributed by atoms with Crippen LogP contribution in [0.25, 0.3) is 0 Å². The van der Waals surface area contributed by atoms with E-state index >= 15 is 0 Å². The first-order chi connectivity index (χ1) is 9.36. The van der Waals surface area contributed by atoms with Crippen LogP contribution in [-0.2, 0) is 16.1 Å². The van der Waals surface area contributed by atoms with Gasteiger partial charge in [0.05, 0.1) is 18.3 Å². The molecular formula is C14H25N3O2S. The predicted octanol–water partition coefficient (Wildman–Crippen LogP) is 2.18. The van der Waals surface area contributed by atoms with E-state index in [1.165, 1.54) is 0 Å². The van der Waals surface area contributed by atoms with Crippen LogP contribution >= 0.6 is 11.3 Å². The summed E-state index contributed by atoms with van der Waals surface area (Å²) >= 11 is 1.56. The molecule has 5 nitrogen and oxygen atoms in total. The summed E-state index contributed by atoms with van der Waals surface area (Å²) in [6.45, 7) is 8.98. The van der Waals surface area contributed by atoms with Gasteiger partial charge >= 0.3 is 0 Å². The van der Waals surface area contributed by atoms with Crippen molar-refractivity contribution < 1.29 is 9.53 Å². The number of ether oxygens (including phenoxy) is 1. The van der Waals surface area contributed by atoms with Crippen molar-refractivity contribution in [1.29, 1.82) is 0 Å². The van der Waals surface area contributed by atoms with E-state index in [9.17, 15) is 4.79 Å². The van der Waals surface area contributed by atoms with E-state index in [-0.39, 0.29) is 17.9 Å². The summed E-state index contributed by atoms with van der Waals surface area (Å²) in [6.07, 6.45) is -0.00215. The smallest absolute Gasteiger partial charge is 0.239 e. The zero-order chi connectivity index (χ0) is 15.3. The molecule has 1 rings (SSSR count). The van der Waals surface area contributed by atoms with Gasteiger partial charge < -0.3 is 15.4 Å². The van der Waals surface area contributed by atoms with E-state index in [1.54, 1.807) is 23.3 Å². The monoisotopic (exact) mass is 299 g/mol. The Kier molecular flexibility index (Phi) is 6.58. The number of nitrogens with zero attached hydrogens (tertiary/aromatic N) is 2. The second kappa shape index (κ2) is 7.71. The summed E-state index contributed by atoms with van der Waals surface area (Å²) in [7, 11) is 1.76. The van der Waals surface area contributed by atoms with E-state index in [1.807, 2.05) is 33.1 Å². The lowest BCUT2D eigenvalue weighted by Crippen LogP contribution is -2.44. The second-order valence-corrected chi connectivity index (χ2v) is 6.13. The lowest BCUT2D eigenvalue weighted by Gasteiger charge is -2.22. The van der Waals surface area contributed by atoms with Crippen LogP contribution in [0.15, 0.2) is 5.38 Å². The molecule has 0 spiro atoms. The summed E-state index contributed by atoms with van der Waals surface area (Å²) in [6, 6.07) is -0.458. The molecule has 1 amide bonds. The third-order valence-electron chi connectivity index (χ3n) is 3.11. The fourth-order valence-electron chi connectivity index (χ4n) is 1.76. The van der Waals surface area contributed by atoms with Crippen molar-refractivity contribution in [3.8, 4) is 0 Å². The summed E-state index contributed by atoms with van der Waals surface area (Å²) in [5.41, 5.74) is 6.76. The van der Waals surface area contributed by atoms with E-state index in [2.05, 4.69) is 4.98 Å². The molecular weight excluding hydrogens is 274 g/mol. The van der Waals surface area contributed by atoms with Gasteiger partial charge in [0.1, 0.15) is 11.1 Å². The molecule has 2 N–H and O–H groups in total. The van der Waals surface area contributed by atoms with E-state index in [0.717, 1.165) is 10.7 Å². The Morgan fingerprint density at radius 2 is 2.15 bits per heavy atom. The minimum Gasteiger partial charge on any atom is -0.372 e. The first kappa shape index (κ1) is 17.1. The Labute approximate surface area is 125 Å². The number of hydrogen-bond donors (Lipinski definition) is 1. The van der Waals surface area contributed by atoms with Crippen molar-refractivity contribution in [2.75, 3.05) is 13.7 Å². The average molecular weight is 299 g/mol. The van der Waals surface area contributed by atoms with Crippen molar-refractivity contribution >= 4 is 17.2 Å². The summed E-state index contributed by atoms with van der Waals surface area (Å²) in [5.74, 6) is 0.0846. The van der Waals surface area contributed by atoms with Gasteiger partial charge in [0.25, 0.3) is 0 Å². The molecule has 20 heavy (non-hydrogen) atoms. The van der Waals surface area contributed by atoms with E-state index in [0.29, 0.717) is 13.2 Å². The molecule has 6 heteroatoms. The number of amides is 1. The van der Waals surface area contributed by atoms with Crippen LogP contribution in [-0.4, -0.2) is 35.5 Å². The molecule has 0 saturated carbocycles. The highest BCUT2D eigenvalue weighted by atomic mass is 32.1. The van der Waals surface area contributed by atoms with Gasteiger partial charge in [0.15, 0.2) is 0 Å². The van der Waals surface area contributed by atoms with Gasteiger partial charge in [-0.05, 0) is 19.8 Å². The number of carbonyl (C=O) groups is 1. The standard InChI is InChI=1S/C14H25N3O2S/c1-6-19-10(4)13-16-11(8-20-13)7-17(5)14(18)12(15)9(2)3/h8-10,12H,6-7,15H2,1-5H3/t10?,12-/m0/s1. The SMILES string of the molecule is CCOC(C)c1nc(CN(C)C(=O)[C@@H](N)C(C)C)cs1. The second-order valence-electron chi connectivity index (χ2n) is 5.24. The molecule has 0 radical (unpaired) electrons. The molecule has 0 aliphatic carbocycles. The van der Waals surface area contributed by atoms with Gasteiger partial charge in [-0.25, -0.2) is 4.98 Å². The Hall–Kier alpha value is -0.980. The summed E-state index contributed by atoms with van der Waals surface area (Å²) in [4.78, 5) is 18.2. The average Bonchev–Trinajstić information content (AvgIpc) is 2.85. The minimum absolute atomic E-state index is 0.00215. The number of hydrogen-bond acceptors (Lipinski definition) is 5. The van der Waals surface area contributed by atoms with E-state index in [4.69, 9.17) is 10.5 Å². The predicted molar refractivity (Wildman–Crippen MR) is 81.4 cm³/mol. The maximum absolute atomic E-state index is 12.1. The molecule has 0 saturated heterocycles. The Morgan fingerprint density at radius 1 is 1.50 bits per heavy atom. The van der Waals surface area contributed by atoms with Crippen LogP contribution in [0.3, 0.4) is 0 Å². The zero-order valence-electron chi connectivity index (χ0n) is 12.9. The molecule has 0 aromatic carbocycles. The Morgan fingerprint density at radius 3 is 2.70 bits per heavy atom. The molecule has 1 unspecified atom stereocenters. The number of likely N-dealkylation sites (N-methyl/N-ethyl adjacent to an activating group) is 1. The third kappa shape index (κ3) is 4.54. The molecule has 0 aliphatic heterocycles. The fraction of sp³-hybridized carbons (Fsp3) is 0.714. The van der Waals surface area contributed by atoms with Crippen molar-refractivity contribution in [3.63, 3.8) is 0 Å².